The van der Waals surface area contributed by atoms with E-state index in [1.807, 2.05) is 0 Å². The third-order valence-corrected chi connectivity index (χ3v) is 4.23. The Hall–Kier alpha value is -0.790. The summed E-state index contributed by atoms with van der Waals surface area (Å²) in [4.78, 5) is 11.0. The molecule has 0 amide bonds. The minimum Gasteiger partial charge on any atom is -0.469 e. The Balaban J connectivity index is 3.32. The number of carbonyl (C=O) groups excluding carboxylic acids is 1. The molecule has 0 aromatic rings. The van der Waals surface area contributed by atoms with E-state index in [0.29, 0.717) is 6.42 Å². The van der Waals surface area contributed by atoms with Crippen LogP contribution in [-0.4, -0.2) is 13.1 Å². The average molecular weight is 311 g/mol. The van der Waals surface area contributed by atoms with E-state index in [1.165, 1.54) is 77.7 Å². The second kappa shape index (κ2) is 16.6. The summed E-state index contributed by atoms with van der Waals surface area (Å²) in [6, 6.07) is 0. The molecule has 2 heteroatoms. The van der Waals surface area contributed by atoms with E-state index >= 15 is 0 Å². The van der Waals surface area contributed by atoms with Gasteiger partial charge in [-0.3, -0.25) is 4.79 Å². The molecule has 0 heterocycles. The van der Waals surface area contributed by atoms with E-state index < -0.39 is 0 Å². The molecular weight excluding hydrogens is 272 g/mol. The van der Waals surface area contributed by atoms with Crippen LogP contribution < -0.4 is 0 Å². The predicted molar refractivity (Wildman–Crippen MR) is 96.1 cm³/mol. The molecule has 0 radical (unpaired) electrons. The molecule has 0 spiro atoms. The summed E-state index contributed by atoms with van der Waals surface area (Å²) in [6.07, 6.45) is 19.8. The van der Waals surface area contributed by atoms with Crippen LogP contribution >= 0.6 is 0 Å². The van der Waals surface area contributed by atoms with Gasteiger partial charge in [-0.25, -0.2) is 0 Å². The highest BCUT2D eigenvalue weighted by Gasteiger charge is 1.99. The first-order valence-corrected chi connectivity index (χ1v) is 9.43. The molecule has 0 fully saturated rings. The fraction of sp³-hybridized carbons (Fsp3) is 0.850. The van der Waals surface area contributed by atoms with Crippen molar-refractivity contribution in [2.75, 3.05) is 7.11 Å². The van der Waals surface area contributed by atoms with Crippen molar-refractivity contribution in [3.63, 3.8) is 0 Å². The third kappa shape index (κ3) is 15.6. The molecule has 0 aromatic heterocycles. The van der Waals surface area contributed by atoms with E-state index in [2.05, 4.69) is 24.7 Å². The van der Waals surface area contributed by atoms with Crippen molar-refractivity contribution in [1.82, 2.24) is 0 Å². The molecule has 0 bridgehead atoms. The van der Waals surface area contributed by atoms with Gasteiger partial charge in [-0.05, 0) is 39.0 Å². The Morgan fingerprint density at radius 3 is 2.00 bits per heavy atom. The smallest absolute Gasteiger partial charge is 0.305 e. The molecule has 0 aromatic carbocycles. The van der Waals surface area contributed by atoms with Gasteiger partial charge in [0, 0.05) is 6.42 Å². The van der Waals surface area contributed by atoms with E-state index in [9.17, 15) is 4.79 Å². The Labute approximate surface area is 138 Å². The van der Waals surface area contributed by atoms with Crippen molar-refractivity contribution >= 4 is 5.97 Å². The molecular formula is C20H38O2. The number of ether oxygens (including phenoxy) is 1. The van der Waals surface area contributed by atoms with Gasteiger partial charge < -0.3 is 4.74 Å². The van der Waals surface area contributed by atoms with Crippen molar-refractivity contribution in [2.24, 2.45) is 0 Å². The van der Waals surface area contributed by atoms with Crippen LogP contribution in [0, 0.1) is 0 Å². The second-order valence-electron chi connectivity index (χ2n) is 6.45. The van der Waals surface area contributed by atoms with Gasteiger partial charge in [0.1, 0.15) is 0 Å². The quantitative estimate of drug-likeness (QED) is 0.194. The zero-order valence-corrected chi connectivity index (χ0v) is 15.3. The molecule has 22 heavy (non-hydrogen) atoms. The third-order valence-electron chi connectivity index (χ3n) is 4.23. The van der Waals surface area contributed by atoms with Gasteiger partial charge in [-0.2, -0.15) is 0 Å². The van der Waals surface area contributed by atoms with Gasteiger partial charge in [0.25, 0.3) is 0 Å². The number of hydrogen-bond acceptors (Lipinski definition) is 2. The van der Waals surface area contributed by atoms with Crippen molar-refractivity contribution in [1.29, 1.82) is 0 Å². The molecule has 0 aliphatic heterocycles. The molecule has 0 aliphatic rings. The van der Waals surface area contributed by atoms with Gasteiger partial charge in [-0.15, -0.1) is 0 Å². The van der Waals surface area contributed by atoms with Crippen LogP contribution in [0.2, 0.25) is 0 Å². The number of hydrogen-bond donors (Lipinski definition) is 0. The van der Waals surface area contributed by atoms with E-state index in [1.54, 1.807) is 5.57 Å². The minimum absolute atomic E-state index is 0.0755. The summed E-state index contributed by atoms with van der Waals surface area (Å²) >= 11 is 0. The monoisotopic (exact) mass is 310 g/mol. The standard InChI is InChI=1S/C20H38O2/c1-4-5-6-7-8-10-13-16-19(2)17-14-11-9-12-15-18-20(21)22-3/h16H,4-15,17-18H2,1-3H3/b19-16-. The number of allylic oxidation sites excluding steroid dienone is 2. The van der Waals surface area contributed by atoms with Gasteiger partial charge in [0.2, 0.25) is 0 Å². The van der Waals surface area contributed by atoms with Crippen LogP contribution in [0.5, 0.6) is 0 Å². The van der Waals surface area contributed by atoms with E-state index in [0.717, 1.165) is 12.8 Å². The largest absolute Gasteiger partial charge is 0.469 e. The summed E-state index contributed by atoms with van der Waals surface area (Å²) in [6.45, 7) is 4.54. The van der Waals surface area contributed by atoms with Crippen LogP contribution in [0.25, 0.3) is 0 Å². The fourth-order valence-electron chi connectivity index (χ4n) is 2.68. The highest BCUT2D eigenvalue weighted by molar-refractivity contribution is 5.68. The second-order valence-corrected chi connectivity index (χ2v) is 6.45. The summed E-state index contributed by atoms with van der Waals surface area (Å²) in [5, 5.41) is 0. The van der Waals surface area contributed by atoms with Crippen molar-refractivity contribution in [2.45, 2.75) is 104 Å². The normalized spacial score (nSPS) is 11.7. The SMILES string of the molecule is CCCCCCCC/C=C(/C)CCCCCCCC(=O)OC. The van der Waals surface area contributed by atoms with Crippen LogP contribution in [-0.2, 0) is 9.53 Å². The highest BCUT2D eigenvalue weighted by atomic mass is 16.5. The number of rotatable bonds is 15. The molecule has 130 valence electrons. The van der Waals surface area contributed by atoms with Crippen LogP contribution in [0.3, 0.4) is 0 Å². The van der Waals surface area contributed by atoms with Gasteiger partial charge in [-0.1, -0.05) is 69.9 Å². The predicted octanol–water partition coefficient (Wildman–Crippen LogP) is 6.59. The molecule has 0 aliphatic carbocycles. The van der Waals surface area contributed by atoms with Crippen LogP contribution in [0.15, 0.2) is 11.6 Å². The molecule has 0 unspecified atom stereocenters. The molecule has 0 rings (SSSR count). The van der Waals surface area contributed by atoms with Gasteiger partial charge in [0.05, 0.1) is 7.11 Å². The van der Waals surface area contributed by atoms with E-state index in [4.69, 9.17) is 0 Å². The van der Waals surface area contributed by atoms with E-state index in [-0.39, 0.29) is 5.97 Å². The topological polar surface area (TPSA) is 26.3 Å². The maximum atomic E-state index is 11.0. The highest BCUT2D eigenvalue weighted by Crippen LogP contribution is 2.14. The lowest BCUT2D eigenvalue weighted by Crippen LogP contribution is -1.99. The van der Waals surface area contributed by atoms with Crippen molar-refractivity contribution < 1.29 is 9.53 Å². The lowest BCUT2D eigenvalue weighted by atomic mass is 10.0. The Kier molecular flexibility index (Phi) is 16.0. The lowest BCUT2D eigenvalue weighted by molar-refractivity contribution is -0.140. The Morgan fingerprint density at radius 2 is 1.36 bits per heavy atom. The van der Waals surface area contributed by atoms with Crippen LogP contribution in [0.1, 0.15) is 104 Å². The number of unbranched alkanes of at least 4 members (excludes halogenated alkanes) is 10. The summed E-state index contributed by atoms with van der Waals surface area (Å²) < 4.78 is 4.64. The fourth-order valence-corrected chi connectivity index (χ4v) is 2.68. The molecule has 0 atom stereocenters. The first-order valence-electron chi connectivity index (χ1n) is 9.43. The average Bonchev–Trinajstić information content (AvgIpc) is 2.52. The molecule has 0 saturated heterocycles. The number of methoxy groups -OCH3 is 1. The first-order chi connectivity index (χ1) is 10.7. The Morgan fingerprint density at radius 1 is 0.818 bits per heavy atom. The van der Waals surface area contributed by atoms with Crippen molar-refractivity contribution in [3.8, 4) is 0 Å². The minimum atomic E-state index is -0.0755. The number of esters is 1. The maximum Gasteiger partial charge on any atom is 0.305 e. The zero-order valence-electron chi connectivity index (χ0n) is 15.3. The van der Waals surface area contributed by atoms with Crippen molar-refractivity contribution in [3.05, 3.63) is 11.6 Å². The Bertz CT molecular complexity index is 281. The van der Waals surface area contributed by atoms with Gasteiger partial charge >= 0.3 is 5.97 Å². The summed E-state index contributed by atoms with van der Waals surface area (Å²) in [5.74, 6) is -0.0755. The molecule has 0 N–H and O–H groups in total. The lowest BCUT2D eigenvalue weighted by Gasteiger charge is -2.03. The van der Waals surface area contributed by atoms with Gasteiger partial charge in [0.15, 0.2) is 0 Å². The number of carbonyl (C=O) groups is 1. The van der Waals surface area contributed by atoms with Crippen LogP contribution in [0.4, 0.5) is 0 Å². The summed E-state index contributed by atoms with van der Waals surface area (Å²) in [7, 11) is 1.46. The zero-order chi connectivity index (χ0) is 16.5. The molecule has 2 nitrogen and oxygen atoms in total. The molecule has 0 saturated carbocycles. The summed E-state index contributed by atoms with van der Waals surface area (Å²) in [5.41, 5.74) is 1.56. The first kappa shape index (κ1) is 21.2. The maximum absolute atomic E-state index is 11.0.